The second-order valence-corrected chi connectivity index (χ2v) is 8.04. The third kappa shape index (κ3) is 4.72. The molecule has 2 aromatic heterocycles. The van der Waals surface area contributed by atoms with Crippen LogP contribution in [0.2, 0.25) is 0 Å². The fourth-order valence-electron chi connectivity index (χ4n) is 3.16. The number of halogens is 2. The third-order valence-corrected chi connectivity index (χ3v) is 4.44. The van der Waals surface area contributed by atoms with E-state index < -0.39 is 34.9 Å². The summed E-state index contributed by atoms with van der Waals surface area (Å²) in [5, 5.41) is 11.9. The Morgan fingerprint density at radius 3 is 2.56 bits per heavy atom. The van der Waals surface area contributed by atoms with E-state index in [1.807, 2.05) is 6.07 Å². The van der Waals surface area contributed by atoms with Gasteiger partial charge in [-0.15, -0.1) is 0 Å². The Labute approximate surface area is 182 Å². The summed E-state index contributed by atoms with van der Waals surface area (Å²) in [5.74, 6) is -1.47. The lowest BCUT2D eigenvalue weighted by atomic mass is 10.1. The Hall–Kier alpha value is -3.87. The van der Waals surface area contributed by atoms with Crippen LogP contribution in [0.4, 0.5) is 13.6 Å². The van der Waals surface area contributed by atoms with Gasteiger partial charge in [0.05, 0.1) is 40.6 Å². The average Bonchev–Trinajstić information content (AvgIpc) is 2.70. The summed E-state index contributed by atoms with van der Waals surface area (Å²) in [5.41, 5.74) is -1.64. The summed E-state index contributed by atoms with van der Waals surface area (Å²) in [6, 6.07) is 3.97. The van der Waals surface area contributed by atoms with Crippen molar-refractivity contribution in [1.82, 2.24) is 19.9 Å². The van der Waals surface area contributed by atoms with Crippen LogP contribution in [-0.2, 0) is 4.74 Å². The van der Waals surface area contributed by atoms with Crippen LogP contribution in [0.1, 0.15) is 51.5 Å². The molecule has 0 aliphatic carbocycles. The first-order valence-corrected chi connectivity index (χ1v) is 9.80. The molecular formula is C22H21F2N5O3. The molecule has 32 heavy (non-hydrogen) atoms. The van der Waals surface area contributed by atoms with E-state index in [1.54, 1.807) is 27.7 Å². The van der Waals surface area contributed by atoms with Crippen LogP contribution in [0.5, 0.6) is 0 Å². The van der Waals surface area contributed by atoms with Gasteiger partial charge in [-0.25, -0.2) is 18.6 Å². The maximum atomic E-state index is 14.0. The highest BCUT2D eigenvalue weighted by Crippen LogP contribution is 2.23. The largest absolute Gasteiger partial charge is 0.444 e. The molecule has 1 atom stereocenters. The number of rotatable bonds is 4. The van der Waals surface area contributed by atoms with Gasteiger partial charge in [-0.3, -0.25) is 14.3 Å². The number of pyridine rings is 1. The maximum Gasteiger partial charge on any atom is 0.408 e. The second kappa shape index (κ2) is 8.70. The van der Waals surface area contributed by atoms with Crippen LogP contribution in [0.3, 0.4) is 0 Å². The van der Waals surface area contributed by atoms with Crippen molar-refractivity contribution in [2.24, 2.45) is 0 Å². The fraction of sp³-hybridized carbons (Fsp3) is 0.318. The van der Waals surface area contributed by atoms with Crippen molar-refractivity contribution in [2.45, 2.75) is 45.8 Å². The molecule has 1 amide bonds. The first kappa shape index (κ1) is 22.8. The SMILES string of the molecule is CC[C@H](NC(=O)OC(C)(C)C)c1nc2c(C#N)cc(F)cc2c(=O)n1-c1cncc(F)c1. The quantitative estimate of drug-likeness (QED) is 0.657. The van der Waals surface area contributed by atoms with E-state index >= 15 is 0 Å². The lowest BCUT2D eigenvalue weighted by Gasteiger charge is -2.24. The number of nitrogens with one attached hydrogen (secondary N) is 1. The topological polar surface area (TPSA) is 110 Å². The molecule has 3 aromatic rings. The number of hydrogen-bond acceptors (Lipinski definition) is 6. The minimum Gasteiger partial charge on any atom is -0.444 e. The molecule has 0 aliphatic rings. The third-order valence-electron chi connectivity index (χ3n) is 4.44. The van der Waals surface area contributed by atoms with Gasteiger partial charge >= 0.3 is 6.09 Å². The minimum absolute atomic E-state index is 0.0198. The van der Waals surface area contributed by atoms with Gasteiger partial charge in [-0.05, 0) is 39.3 Å². The smallest absolute Gasteiger partial charge is 0.408 e. The summed E-state index contributed by atoms with van der Waals surface area (Å²) >= 11 is 0. The summed E-state index contributed by atoms with van der Waals surface area (Å²) in [7, 11) is 0. The van der Waals surface area contributed by atoms with Crippen molar-refractivity contribution in [3.8, 4) is 11.8 Å². The van der Waals surface area contributed by atoms with Gasteiger partial charge in [-0.1, -0.05) is 6.92 Å². The molecule has 0 spiro atoms. The van der Waals surface area contributed by atoms with Crippen molar-refractivity contribution in [3.63, 3.8) is 0 Å². The summed E-state index contributed by atoms with van der Waals surface area (Å²) in [4.78, 5) is 34.0. The second-order valence-electron chi connectivity index (χ2n) is 8.04. The normalized spacial score (nSPS) is 12.3. The van der Waals surface area contributed by atoms with Crippen LogP contribution < -0.4 is 10.9 Å². The first-order chi connectivity index (χ1) is 15.0. The van der Waals surface area contributed by atoms with Gasteiger partial charge in [0.1, 0.15) is 29.1 Å². The number of carbonyl (C=O) groups is 1. The molecule has 0 unspecified atom stereocenters. The number of alkyl carbamates (subject to hydrolysis) is 1. The summed E-state index contributed by atoms with van der Waals surface area (Å²) < 4.78 is 34.3. The van der Waals surface area contributed by atoms with Crippen molar-refractivity contribution in [3.05, 3.63) is 64.0 Å². The Bertz CT molecular complexity index is 1290. The molecule has 0 bridgehead atoms. The van der Waals surface area contributed by atoms with Gasteiger partial charge in [0.2, 0.25) is 0 Å². The molecule has 2 heterocycles. The maximum absolute atomic E-state index is 14.0. The van der Waals surface area contributed by atoms with Crippen LogP contribution in [0, 0.1) is 23.0 Å². The number of nitriles is 1. The molecule has 0 saturated heterocycles. The molecule has 0 saturated carbocycles. The highest BCUT2D eigenvalue weighted by atomic mass is 19.1. The predicted molar refractivity (Wildman–Crippen MR) is 112 cm³/mol. The van der Waals surface area contributed by atoms with E-state index in [9.17, 15) is 23.6 Å². The lowest BCUT2D eigenvalue weighted by Crippen LogP contribution is -2.37. The number of ether oxygens (including phenoxy) is 1. The zero-order chi connectivity index (χ0) is 23.6. The molecule has 166 valence electrons. The van der Waals surface area contributed by atoms with Crippen LogP contribution in [0.15, 0.2) is 35.4 Å². The van der Waals surface area contributed by atoms with E-state index in [0.29, 0.717) is 0 Å². The monoisotopic (exact) mass is 441 g/mol. The zero-order valence-corrected chi connectivity index (χ0v) is 17.9. The zero-order valence-electron chi connectivity index (χ0n) is 17.9. The Balaban J connectivity index is 2.30. The molecule has 0 aliphatic heterocycles. The van der Waals surface area contributed by atoms with E-state index in [-0.39, 0.29) is 34.4 Å². The Morgan fingerprint density at radius 2 is 1.97 bits per heavy atom. The van der Waals surface area contributed by atoms with Gasteiger partial charge in [-0.2, -0.15) is 5.26 Å². The van der Waals surface area contributed by atoms with Crippen molar-refractivity contribution < 1.29 is 18.3 Å². The van der Waals surface area contributed by atoms with Gasteiger partial charge in [0, 0.05) is 6.07 Å². The summed E-state index contributed by atoms with van der Waals surface area (Å²) in [6.07, 6.45) is 1.74. The van der Waals surface area contributed by atoms with Crippen molar-refractivity contribution in [2.75, 3.05) is 0 Å². The van der Waals surface area contributed by atoms with E-state index in [0.717, 1.165) is 29.0 Å². The number of aromatic nitrogens is 3. The van der Waals surface area contributed by atoms with E-state index in [1.165, 1.54) is 6.20 Å². The van der Waals surface area contributed by atoms with Crippen molar-refractivity contribution >= 4 is 17.0 Å². The highest BCUT2D eigenvalue weighted by molar-refractivity contribution is 5.84. The number of amides is 1. The minimum atomic E-state index is -0.846. The predicted octanol–water partition coefficient (Wildman–Crippen LogP) is 3.91. The van der Waals surface area contributed by atoms with Crippen LogP contribution in [0.25, 0.3) is 16.6 Å². The van der Waals surface area contributed by atoms with Crippen LogP contribution >= 0.6 is 0 Å². The number of hydrogen-bond donors (Lipinski definition) is 1. The van der Waals surface area contributed by atoms with Gasteiger partial charge < -0.3 is 10.1 Å². The lowest BCUT2D eigenvalue weighted by molar-refractivity contribution is 0.0499. The standard InChI is InChI=1S/C22H21F2N5O3/c1-5-17(27-21(31)32-22(2,3)4)19-28-18-12(9-25)6-13(23)8-16(18)20(30)29(19)15-7-14(24)10-26-11-15/h6-8,10-11,17H,5H2,1-4H3,(H,27,31)/t17-/m0/s1. The molecular weight excluding hydrogens is 420 g/mol. The van der Waals surface area contributed by atoms with E-state index in [4.69, 9.17) is 4.74 Å². The number of nitrogens with zero attached hydrogens (tertiary/aromatic N) is 4. The van der Waals surface area contributed by atoms with E-state index in [2.05, 4.69) is 15.3 Å². The fourth-order valence-corrected chi connectivity index (χ4v) is 3.16. The number of carbonyl (C=O) groups excluding carboxylic acids is 1. The molecule has 10 heteroatoms. The molecule has 3 rings (SSSR count). The van der Waals surface area contributed by atoms with Gasteiger partial charge in [0.25, 0.3) is 5.56 Å². The first-order valence-electron chi connectivity index (χ1n) is 9.80. The Kier molecular flexibility index (Phi) is 6.20. The molecule has 0 fully saturated rings. The number of benzene rings is 1. The molecule has 1 aromatic carbocycles. The van der Waals surface area contributed by atoms with Crippen LogP contribution in [-0.4, -0.2) is 26.2 Å². The molecule has 1 N–H and O–H groups in total. The average molecular weight is 441 g/mol. The number of fused-ring (bicyclic) bond motifs is 1. The Morgan fingerprint density at radius 1 is 1.25 bits per heavy atom. The van der Waals surface area contributed by atoms with Crippen molar-refractivity contribution in [1.29, 1.82) is 5.26 Å². The summed E-state index contributed by atoms with van der Waals surface area (Å²) in [6.45, 7) is 6.83. The molecule has 8 nitrogen and oxygen atoms in total. The molecule has 0 radical (unpaired) electrons. The highest BCUT2D eigenvalue weighted by Gasteiger charge is 2.25. The van der Waals surface area contributed by atoms with Gasteiger partial charge in [0.15, 0.2) is 0 Å².